The molecule has 0 fully saturated rings. The minimum atomic E-state index is 0.784. The molecular formula is C21H28ClNO. The Morgan fingerprint density at radius 2 is 1.75 bits per heavy atom. The first kappa shape index (κ1) is 18.7. The second kappa shape index (κ2) is 11.0. The van der Waals surface area contributed by atoms with Crippen molar-refractivity contribution >= 4 is 17.3 Å². The summed E-state index contributed by atoms with van der Waals surface area (Å²) in [5, 5.41) is 4.24. The van der Waals surface area contributed by atoms with Gasteiger partial charge in [-0.2, -0.15) is 0 Å². The zero-order valence-electron chi connectivity index (χ0n) is 14.6. The molecule has 0 amide bonds. The van der Waals surface area contributed by atoms with Crippen LogP contribution in [0.3, 0.4) is 0 Å². The first-order valence-corrected chi connectivity index (χ1v) is 9.37. The predicted octanol–water partition coefficient (Wildman–Crippen LogP) is 6.34. The summed E-state index contributed by atoms with van der Waals surface area (Å²) in [5.74, 6) is 0.946. The highest BCUT2D eigenvalue weighted by atomic mass is 35.5. The van der Waals surface area contributed by atoms with Gasteiger partial charge in [0, 0.05) is 23.3 Å². The van der Waals surface area contributed by atoms with E-state index in [0.29, 0.717) is 0 Å². The van der Waals surface area contributed by atoms with Gasteiger partial charge in [-0.3, -0.25) is 0 Å². The fourth-order valence-corrected chi connectivity index (χ4v) is 2.72. The quantitative estimate of drug-likeness (QED) is 0.479. The van der Waals surface area contributed by atoms with Gasteiger partial charge < -0.3 is 10.1 Å². The molecule has 2 nitrogen and oxygen atoms in total. The molecule has 0 heterocycles. The van der Waals surface area contributed by atoms with Crippen molar-refractivity contribution in [3.8, 4) is 5.75 Å². The third-order valence-electron chi connectivity index (χ3n) is 4.01. The number of unbranched alkanes of at least 4 members (excludes halogenated alkanes) is 4. The first-order chi connectivity index (χ1) is 11.8. The van der Waals surface area contributed by atoms with Crippen molar-refractivity contribution in [2.24, 2.45) is 0 Å². The number of benzene rings is 2. The van der Waals surface area contributed by atoms with E-state index in [1.165, 1.54) is 31.2 Å². The van der Waals surface area contributed by atoms with Crippen LogP contribution in [0.15, 0.2) is 48.5 Å². The standard InChI is InChI=1S/C21H28ClNO/c1-2-3-4-5-6-16-24-21-9-7-8-20(17-21)23-15-14-18-10-12-19(22)13-11-18/h7-13,17,23H,2-6,14-16H2,1H3. The topological polar surface area (TPSA) is 21.3 Å². The number of nitrogens with one attached hydrogen (secondary N) is 1. The molecule has 0 saturated carbocycles. The number of hydrogen-bond donors (Lipinski definition) is 1. The third-order valence-corrected chi connectivity index (χ3v) is 4.26. The van der Waals surface area contributed by atoms with Crippen LogP contribution in [0.2, 0.25) is 5.02 Å². The van der Waals surface area contributed by atoms with Gasteiger partial charge in [-0.1, -0.05) is 62.4 Å². The Labute approximate surface area is 151 Å². The fourth-order valence-electron chi connectivity index (χ4n) is 2.59. The van der Waals surface area contributed by atoms with Crippen LogP contribution in [0.4, 0.5) is 5.69 Å². The van der Waals surface area contributed by atoms with Crippen LogP contribution in [0, 0.1) is 0 Å². The zero-order valence-corrected chi connectivity index (χ0v) is 15.3. The molecular weight excluding hydrogens is 318 g/mol. The van der Waals surface area contributed by atoms with Crippen molar-refractivity contribution in [3.63, 3.8) is 0 Å². The highest BCUT2D eigenvalue weighted by Gasteiger charge is 1.98. The summed E-state index contributed by atoms with van der Waals surface area (Å²) in [6.07, 6.45) is 7.28. The molecule has 0 saturated heterocycles. The monoisotopic (exact) mass is 345 g/mol. The van der Waals surface area contributed by atoms with E-state index < -0.39 is 0 Å². The van der Waals surface area contributed by atoms with Gasteiger partial charge in [0.25, 0.3) is 0 Å². The van der Waals surface area contributed by atoms with Gasteiger partial charge in [0.1, 0.15) is 5.75 Å². The van der Waals surface area contributed by atoms with Gasteiger partial charge in [0.2, 0.25) is 0 Å². The first-order valence-electron chi connectivity index (χ1n) is 8.99. The molecule has 3 heteroatoms. The molecule has 0 bridgehead atoms. The molecule has 2 aromatic carbocycles. The molecule has 1 N–H and O–H groups in total. The number of ether oxygens (including phenoxy) is 1. The number of anilines is 1. The van der Waals surface area contributed by atoms with Crippen LogP contribution < -0.4 is 10.1 Å². The molecule has 0 atom stereocenters. The molecule has 0 spiro atoms. The lowest BCUT2D eigenvalue weighted by Gasteiger charge is -2.10. The van der Waals surface area contributed by atoms with Gasteiger partial charge in [0.05, 0.1) is 6.61 Å². The van der Waals surface area contributed by atoms with Crippen molar-refractivity contribution in [2.45, 2.75) is 45.4 Å². The Balaban J connectivity index is 1.69. The van der Waals surface area contributed by atoms with Crippen LogP contribution in [-0.4, -0.2) is 13.2 Å². The highest BCUT2D eigenvalue weighted by molar-refractivity contribution is 6.30. The smallest absolute Gasteiger partial charge is 0.121 e. The Morgan fingerprint density at radius 3 is 2.54 bits per heavy atom. The van der Waals surface area contributed by atoms with E-state index in [2.05, 4.69) is 36.5 Å². The van der Waals surface area contributed by atoms with E-state index in [-0.39, 0.29) is 0 Å². The molecule has 0 unspecified atom stereocenters. The molecule has 0 aliphatic rings. The van der Waals surface area contributed by atoms with Gasteiger partial charge in [-0.05, 0) is 42.7 Å². The zero-order chi connectivity index (χ0) is 17.0. The van der Waals surface area contributed by atoms with Gasteiger partial charge in [-0.25, -0.2) is 0 Å². The van der Waals surface area contributed by atoms with Gasteiger partial charge in [0.15, 0.2) is 0 Å². The average molecular weight is 346 g/mol. The van der Waals surface area contributed by atoms with E-state index in [4.69, 9.17) is 16.3 Å². The Bertz CT molecular complexity index is 583. The van der Waals surface area contributed by atoms with Crippen molar-refractivity contribution in [3.05, 3.63) is 59.1 Å². The number of halogens is 1. The molecule has 0 aliphatic heterocycles. The predicted molar refractivity (Wildman–Crippen MR) is 104 cm³/mol. The lowest BCUT2D eigenvalue weighted by Crippen LogP contribution is -2.05. The molecule has 0 radical (unpaired) electrons. The van der Waals surface area contributed by atoms with E-state index in [1.54, 1.807) is 0 Å². The van der Waals surface area contributed by atoms with Crippen LogP contribution in [0.1, 0.15) is 44.6 Å². The fraction of sp³-hybridized carbons (Fsp3) is 0.429. The Morgan fingerprint density at radius 1 is 0.958 bits per heavy atom. The van der Waals surface area contributed by atoms with E-state index in [1.807, 2.05) is 24.3 Å². The summed E-state index contributed by atoms with van der Waals surface area (Å²) in [4.78, 5) is 0. The Kier molecular flexibility index (Phi) is 8.54. The Hall–Kier alpha value is -1.67. The van der Waals surface area contributed by atoms with Gasteiger partial charge in [-0.15, -0.1) is 0 Å². The van der Waals surface area contributed by atoms with E-state index >= 15 is 0 Å². The molecule has 130 valence electrons. The summed E-state index contributed by atoms with van der Waals surface area (Å²) in [5.41, 5.74) is 2.39. The average Bonchev–Trinajstić information content (AvgIpc) is 2.60. The maximum absolute atomic E-state index is 5.91. The molecule has 0 aromatic heterocycles. The molecule has 0 aliphatic carbocycles. The van der Waals surface area contributed by atoms with Crippen LogP contribution in [0.5, 0.6) is 5.75 Å². The summed E-state index contributed by atoms with van der Waals surface area (Å²) in [7, 11) is 0. The number of rotatable bonds is 11. The second-order valence-corrected chi connectivity index (χ2v) is 6.53. The van der Waals surface area contributed by atoms with Crippen LogP contribution >= 0.6 is 11.6 Å². The SMILES string of the molecule is CCCCCCCOc1cccc(NCCc2ccc(Cl)cc2)c1. The van der Waals surface area contributed by atoms with Crippen LogP contribution in [-0.2, 0) is 6.42 Å². The minimum Gasteiger partial charge on any atom is -0.494 e. The molecule has 24 heavy (non-hydrogen) atoms. The van der Waals surface area contributed by atoms with Crippen molar-refractivity contribution in [2.75, 3.05) is 18.5 Å². The summed E-state index contributed by atoms with van der Waals surface area (Å²) in [6, 6.07) is 16.2. The maximum Gasteiger partial charge on any atom is 0.121 e. The summed E-state index contributed by atoms with van der Waals surface area (Å²) in [6.45, 7) is 3.93. The number of hydrogen-bond acceptors (Lipinski definition) is 2. The van der Waals surface area contributed by atoms with Gasteiger partial charge >= 0.3 is 0 Å². The van der Waals surface area contributed by atoms with Crippen LogP contribution in [0.25, 0.3) is 0 Å². The van der Waals surface area contributed by atoms with E-state index in [9.17, 15) is 0 Å². The molecule has 2 rings (SSSR count). The third kappa shape index (κ3) is 7.27. The lowest BCUT2D eigenvalue weighted by molar-refractivity contribution is 0.304. The largest absolute Gasteiger partial charge is 0.494 e. The maximum atomic E-state index is 5.91. The minimum absolute atomic E-state index is 0.784. The molecule has 2 aromatic rings. The second-order valence-electron chi connectivity index (χ2n) is 6.09. The van der Waals surface area contributed by atoms with E-state index in [0.717, 1.165) is 42.5 Å². The van der Waals surface area contributed by atoms with Crippen molar-refractivity contribution < 1.29 is 4.74 Å². The highest BCUT2D eigenvalue weighted by Crippen LogP contribution is 2.18. The van der Waals surface area contributed by atoms with Crippen molar-refractivity contribution in [1.82, 2.24) is 0 Å². The van der Waals surface area contributed by atoms with Crippen molar-refractivity contribution in [1.29, 1.82) is 0 Å². The summed E-state index contributed by atoms with van der Waals surface area (Å²) < 4.78 is 5.85. The normalized spacial score (nSPS) is 10.6. The summed E-state index contributed by atoms with van der Waals surface area (Å²) >= 11 is 5.91. The lowest BCUT2D eigenvalue weighted by atomic mass is 10.1.